The number of nitriles is 1. The Labute approximate surface area is 103 Å². The third-order valence-corrected chi connectivity index (χ3v) is 3.39. The lowest BCUT2D eigenvalue weighted by Gasteiger charge is -2.11. The number of nitrogens with one attached hydrogen (secondary N) is 2. The fourth-order valence-corrected chi connectivity index (χ4v) is 2.28. The molecule has 2 N–H and O–H groups in total. The molecule has 0 bridgehead atoms. The molecule has 90 valence electrons. The van der Waals surface area contributed by atoms with Crippen LogP contribution in [0.3, 0.4) is 0 Å². The highest BCUT2D eigenvalue weighted by molar-refractivity contribution is 5.51. The van der Waals surface area contributed by atoms with E-state index in [9.17, 15) is 0 Å². The van der Waals surface area contributed by atoms with Gasteiger partial charge in [-0.25, -0.2) is 0 Å². The smallest absolute Gasteiger partial charge is 0.0994 e. The number of aryl methyl sites for hydroxylation is 1. The van der Waals surface area contributed by atoms with Gasteiger partial charge in [0.2, 0.25) is 0 Å². The Hall–Kier alpha value is -1.53. The van der Waals surface area contributed by atoms with E-state index in [4.69, 9.17) is 5.26 Å². The molecule has 1 fully saturated rings. The molecule has 17 heavy (non-hydrogen) atoms. The molecule has 0 aromatic heterocycles. The minimum atomic E-state index is 0.760. The van der Waals surface area contributed by atoms with Crippen LogP contribution in [0.4, 0.5) is 5.69 Å². The first kappa shape index (κ1) is 11.9. The zero-order valence-electron chi connectivity index (χ0n) is 10.3. The molecule has 1 saturated heterocycles. The van der Waals surface area contributed by atoms with Crippen molar-refractivity contribution in [3.8, 4) is 6.07 Å². The molecule has 1 heterocycles. The van der Waals surface area contributed by atoms with Crippen molar-refractivity contribution < 1.29 is 0 Å². The Morgan fingerprint density at radius 3 is 3.06 bits per heavy atom. The van der Waals surface area contributed by atoms with E-state index in [1.807, 2.05) is 25.1 Å². The second-order valence-electron chi connectivity index (χ2n) is 4.72. The Bertz CT molecular complexity index is 414. The van der Waals surface area contributed by atoms with Crippen LogP contribution in [0.15, 0.2) is 18.2 Å². The highest BCUT2D eigenvalue weighted by Gasteiger charge is 2.13. The van der Waals surface area contributed by atoms with E-state index in [1.165, 1.54) is 19.4 Å². The molecule has 0 amide bonds. The van der Waals surface area contributed by atoms with Crippen molar-refractivity contribution >= 4 is 5.69 Å². The molecule has 3 nitrogen and oxygen atoms in total. The van der Waals surface area contributed by atoms with Gasteiger partial charge < -0.3 is 10.6 Å². The minimum Gasteiger partial charge on any atom is -0.385 e. The van der Waals surface area contributed by atoms with Crippen LogP contribution in [-0.2, 0) is 0 Å². The van der Waals surface area contributed by atoms with Crippen LogP contribution in [0.25, 0.3) is 0 Å². The summed E-state index contributed by atoms with van der Waals surface area (Å²) in [5.74, 6) is 0.821. The number of hydrogen-bond acceptors (Lipinski definition) is 3. The number of benzene rings is 1. The maximum Gasteiger partial charge on any atom is 0.0994 e. The fourth-order valence-electron chi connectivity index (χ4n) is 2.28. The molecular weight excluding hydrogens is 210 g/mol. The summed E-state index contributed by atoms with van der Waals surface area (Å²) in [6.07, 6.45) is 2.51. The van der Waals surface area contributed by atoms with Gasteiger partial charge in [-0.1, -0.05) is 0 Å². The third kappa shape index (κ3) is 3.21. The van der Waals surface area contributed by atoms with Gasteiger partial charge in [0, 0.05) is 12.2 Å². The number of rotatable bonds is 4. The lowest BCUT2D eigenvalue weighted by Crippen LogP contribution is -2.12. The van der Waals surface area contributed by atoms with Gasteiger partial charge in [-0.05, 0) is 62.5 Å². The zero-order chi connectivity index (χ0) is 12.1. The highest BCUT2D eigenvalue weighted by Crippen LogP contribution is 2.16. The van der Waals surface area contributed by atoms with Crippen molar-refractivity contribution in [2.24, 2.45) is 5.92 Å². The molecule has 0 saturated carbocycles. The summed E-state index contributed by atoms with van der Waals surface area (Å²) in [6.45, 7) is 5.32. The fraction of sp³-hybridized carbons (Fsp3) is 0.500. The van der Waals surface area contributed by atoms with Gasteiger partial charge in [0.05, 0.1) is 11.6 Å². The molecule has 0 spiro atoms. The molecule has 2 rings (SSSR count). The summed E-state index contributed by atoms with van der Waals surface area (Å²) in [5.41, 5.74) is 2.92. The van der Waals surface area contributed by atoms with E-state index in [1.54, 1.807) is 0 Å². The Balaban J connectivity index is 1.82. The summed E-state index contributed by atoms with van der Waals surface area (Å²) in [4.78, 5) is 0. The number of anilines is 1. The molecule has 0 aliphatic carbocycles. The van der Waals surface area contributed by atoms with E-state index >= 15 is 0 Å². The van der Waals surface area contributed by atoms with E-state index in [2.05, 4.69) is 16.7 Å². The van der Waals surface area contributed by atoms with Crippen LogP contribution in [0.2, 0.25) is 0 Å². The van der Waals surface area contributed by atoms with Gasteiger partial charge in [0.15, 0.2) is 0 Å². The van der Waals surface area contributed by atoms with Crippen LogP contribution >= 0.6 is 0 Å². The van der Waals surface area contributed by atoms with Gasteiger partial charge in [0.25, 0.3) is 0 Å². The molecule has 1 atom stereocenters. The van der Waals surface area contributed by atoms with Crippen molar-refractivity contribution in [3.63, 3.8) is 0 Å². The lowest BCUT2D eigenvalue weighted by molar-refractivity contribution is 0.549. The number of nitrogens with zero attached hydrogens (tertiary/aromatic N) is 1. The van der Waals surface area contributed by atoms with E-state index in [0.717, 1.165) is 35.8 Å². The topological polar surface area (TPSA) is 47.8 Å². The molecule has 1 aromatic carbocycles. The second-order valence-corrected chi connectivity index (χ2v) is 4.72. The second kappa shape index (κ2) is 5.70. The normalized spacial score (nSPS) is 18.9. The summed E-state index contributed by atoms with van der Waals surface area (Å²) in [7, 11) is 0. The van der Waals surface area contributed by atoms with Crippen molar-refractivity contribution in [1.82, 2.24) is 5.32 Å². The maximum absolute atomic E-state index is 8.85. The first-order chi connectivity index (χ1) is 8.29. The zero-order valence-corrected chi connectivity index (χ0v) is 10.3. The van der Waals surface area contributed by atoms with Crippen LogP contribution in [0.5, 0.6) is 0 Å². The van der Waals surface area contributed by atoms with E-state index < -0.39 is 0 Å². The molecule has 1 aliphatic rings. The first-order valence-electron chi connectivity index (χ1n) is 6.25. The van der Waals surface area contributed by atoms with Crippen molar-refractivity contribution in [3.05, 3.63) is 29.3 Å². The van der Waals surface area contributed by atoms with Gasteiger partial charge in [-0.3, -0.25) is 0 Å². The number of hydrogen-bond donors (Lipinski definition) is 2. The summed E-state index contributed by atoms with van der Waals surface area (Å²) < 4.78 is 0. The van der Waals surface area contributed by atoms with Gasteiger partial charge in [0.1, 0.15) is 0 Å². The predicted molar refractivity (Wildman–Crippen MR) is 70.0 cm³/mol. The average molecular weight is 229 g/mol. The third-order valence-electron chi connectivity index (χ3n) is 3.39. The summed E-state index contributed by atoms with van der Waals surface area (Å²) in [6, 6.07) is 8.10. The Morgan fingerprint density at radius 2 is 2.41 bits per heavy atom. The summed E-state index contributed by atoms with van der Waals surface area (Å²) >= 11 is 0. The molecule has 3 heteroatoms. The molecule has 1 aromatic rings. The van der Waals surface area contributed by atoms with Gasteiger partial charge in [-0.15, -0.1) is 0 Å². The highest BCUT2D eigenvalue weighted by atomic mass is 14.9. The average Bonchev–Trinajstić information content (AvgIpc) is 2.82. The molecule has 0 radical (unpaired) electrons. The molecule has 1 unspecified atom stereocenters. The maximum atomic E-state index is 8.85. The monoisotopic (exact) mass is 229 g/mol. The van der Waals surface area contributed by atoms with Crippen molar-refractivity contribution in [2.45, 2.75) is 19.8 Å². The van der Waals surface area contributed by atoms with Crippen molar-refractivity contribution in [2.75, 3.05) is 25.0 Å². The SMILES string of the molecule is Cc1cc(NCCC2CCNC2)ccc1C#N. The summed E-state index contributed by atoms with van der Waals surface area (Å²) in [5, 5.41) is 15.7. The van der Waals surface area contributed by atoms with Crippen LogP contribution in [-0.4, -0.2) is 19.6 Å². The van der Waals surface area contributed by atoms with Crippen LogP contribution < -0.4 is 10.6 Å². The van der Waals surface area contributed by atoms with Crippen LogP contribution in [0, 0.1) is 24.2 Å². The minimum absolute atomic E-state index is 0.760. The molecular formula is C14H19N3. The van der Waals surface area contributed by atoms with Crippen LogP contribution in [0.1, 0.15) is 24.0 Å². The Morgan fingerprint density at radius 1 is 1.53 bits per heavy atom. The van der Waals surface area contributed by atoms with Gasteiger partial charge in [-0.2, -0.15) is 5.26 Å². The van der Waals surface area contributed by atoms with E-state index in [-0.39, 0.29) is 0 Å². The quantitative estimate of drug-likeness (QED) is 0.832. The van der Waals surface area contributed by atoms with Gasteiger partial charge >= 0.3 is 0 Å². The predicted octanol–water partition coefficient (Wildman–Crippen LogP) is 2.28. The lowest BCUT2D eigenvalue weighted by atomic mass is 10.0. The molecule has 1 aliphatic heterocycles. The largest absolute Gasteiger partial charge is 0.385 e. The standard InChI is InChI=1S/C14H19N3/c1-11-8-14(3-2-13(11)9-15)17-7-5-12-4-6-16-10-12/h2-3,8,12,16-17H,4-7,10H2,1H3. The Kier molecular flexibility index (Phi) is 4.00. The van der Waals surface area contributed by atoms with Crippen molar-refractivity contribution in [1.29, 1.82) is 5.26 Å². The first-order valence-corrected chi connectivity index (χ1v) is 6.25. The van der Waals surface area contributed by atoms with E-state index in [0.29, 0.717) is 0 Å².